The second kappa shape index (κ2) is 12.1. The highest BCUT2D eigenvalue weighted by atomic mass is 19.1. The number of carbonyl (C=O) groups is 3. The Hall–Kier alpha value is -5.00. The number of hydrogen-bond acceptors (Lipinski definition) is 4. The van der Waals surface area contributed by atoms with E-state index >= 15 is 0 Å². The smallest absolute Gasteiger partial charge is 0.355 e. The molecule has 0 fully saturated rings. The molecular weight excluding hydrogens is 479 g/mol. The number of nitrogens with two attached hydrogens (primary N) is 2. The largest absolute Gasteiger partial charge is 0.360 e. The zero-order valence-electron chi connectivity index (χ0n) is 20.2. The molecule has 4 amide bonds. The van der Waals surface area contributed by atoms with Crippen LogP contribution in [0.2, 0.25) is 0 Å². The summed E-state index contributed by atoms with van der Waals surface area (Å²) in [6.45, 7) is 3.77. The summed E-state index contributed by atoms with van der Waals surface area (Å²) in [6.07, 6.45) is 2.59. The lowest BCUT2D eigenvalue weighted by atomic mass is 10.0. The van der Waals surface area contributed by atoms with Crippen molar-refractivity contribution in [1.82, 2.24) is 15.5 Å². The fourth-order valence-corrected chi connectivity index (χ4v) is 3.52. The number of halogens is 1. The highest BCUT2D eigenvalue weighted by molar-refractivity contribution is 6.01. The summed E-state index contributed by atoms with van der Waals surface area (Å²) in [5.41, 5.74) is 14.8. The second-order valence-corrected chi connectivity index (χ2v) is 7.97. The monoisotopic (exact) mass is 507 g/mol. The number of hydrogen-bond donors (Lipinski definition) is 6. The Morgan fingerprint density at radius 2 is 1.76 bits per heavy atom. The number of urea groups is 1. The quantitative estimate of drug-likeness (QED) is 0.194. The zero-order chi connectivity index (χ0) is 26.9. The minimum absolute atomic E-state index is 0.0699. The minimum Gasteiger partial charge on any atom is -0.355 e. The lowest BCUT2D eigenvalue weighted by molar-refractivity contribution is -0.321. The van der Waals surface area contributed by atoms with E-state index in [1.807, 2.05) is 6.08 Å². The van der Waals surface area contributed by atoms with Crippen molar-refractivity contribution >= 4 is 46.7 Å². The third-order valence-corrected chi connectivity index (χ3v) is 5.30. The van der Waals surface area contributed by atoms with E-state index in [-0.39, 0.29) is 24.4 Å². The number of nitrogens with zero attached hydrogens (tertiary/aromatic N) is 2. The molecule has 8 N–H and O–H groups in total. The van der Waals surface area contributed by atoms with Crippen LogP contribution in [0.15, 0.2) is 72.0 Å². The molecule has 37 heavy (non-hydrogen) atoms. The van der Waals surface area contributed by atoms with Crippen LogP contribution in [0.1, 0.15) is 22.3 Å². The molecule has 0 spiro atoms. The van der Waals surface area contributed by atoms with E-state index in [0.717, 1.165) is 11.1 Å². The SMILES string of the molecule is C=C(F)C(=O)N1CCC=C(c2ccc(NC(=O)N/C(N)=[NH+]\C(N)=Nc3ccc(C(=O)NC)cc3)cc2)C1. The lowest BCUT2D eigenvalue weighted by Crippen LogP contribution is -2.85. The Balaban J connectivity index is 1.56. The first-order valence-corrected chi connectivity index (χ1v) is 11.2. The summed E-state index contributed by atoms with van der Waals surface area (Å²) < 4.78 is 13.2. The van der Waals surface area contributed by atoms with Gasteiger partial charge in [0.2, 0.25) is 0 Å². The van der Waals surface area contributed by atoms with Crippen molar-refractivity contribution in [3.05, 3.63) is 78.1 Å². The predicted molar refractivity (Wildman–Crippen MR) is 139 cm³/mol. The number of rotatable bonds is 5. The maximum Gasteiger partial charge on any atom is 0.360 e. The van der Waals surface area contributed by atoms with E-state index in [0.29, 0.717) is 29.9 Å². The number of guanidine groups is 2. The molecule has 0 saturated heterocycles. The molecule has 1 aliphatic heterocycles. The summed E-state index contributed by atoms with van der Waals surface area (Å²) in [5.74, 6) is -2.14. The number of carbonyl (C=O) groups excluding carboxylic acids is 3. The Morgan fingerprint density at radius 1 is 1.08 bits per heavy atom. The first-order valence-electron chi connectivity index (χ1n) is 11.2. The molecule has 0 saturated carbocycles. The van der Waals surface area contributed by atoms with Crippen molar-refractivity contribution < 1.29 is 23.8 Å². The van der Waals surface area contributed by atoms with Gasteiger partial charge in [0.05, 0.1) is 0 Å². The third kappa shape index (κ3) is 7.49. The first-order chi connectivity index (χ1) is 17.7. The molecule has 2 aromatic carbocycles. The highest BCUT2D eigenvalue weighted by Gasteiger charge is 2.21. The van der Waals surface area contributed by atoms with Gasteiger partial charge in [-0.25, -0.2) is 19.5 Å². The van der Waals surface area contributed by atoms with Gasteiger partial charge in [-0.3, -0.25) is 14.9 Å². The normalized spacial score (nSPS) is 13.9. The topological polar surface area (TPSA) is 169 Å². The molecule has 12 heteroatoms. The van der Waals surface area contributed by atoms with Gasteiger partial charge in [0.1, 0.15) is 5.69 Å². The highest BCUT2D eigenvalue weighted by Crippen LogP contribution is 2.23. The molecule has 0 bridgehead atoms. The molecule has 11 nitrogen and oxygen atoms in total. The van der Waals surface area contributed by atoms with Gasteiger partial charge in [-0.05, 0) is 54.0 Å². The summed E-state index contributed by atoms with van der Waals surface area (Å²) in [4.78, 5) is 43.8. The maximum absolute atomic E-state index is 13.2. The summed E-state index contributed by atoms with van der Waals surface area (Å²) in [5, 5.41) is 7.56. The van der Waals surface area contributed by atoms with Crippen molar-refractivity contribution in [2.24, 2.45) is 16.5 Å². The van der Waals surface area contributed by atoms with E-state index in [2.05, 4.69) is 32.5 Å². The number of aliphatic imine (C=N–C) groups is 1. The third-order valence-electron chi connectivity index (χ3n) is 5.30. The molecule has 3 rings (SSSR count). The molecule has 0 radical (unpaired) electrons. The van der Waals surface area contributed by atoms with Crippen LogP contribution in [-0.4, -0.2) is 54.8 Å². The maximum atomic E-state index is 13.2. The van der Waals surface area contributed by atoms with E-state index in [1.165, 1.54) is 11.9 Å². The van der Waals surface area contributed by atoms with Crippen LogP contribution >= 0.6 is 0 Å². The van der Waals surface area contributed by atoms with Gasteiger partial charge < -0.3 is 21.7 Å². The molecule has 1 heterocycles. The molecule has 1 aliphatic rings. The van der Waals surface area contributed by atoms with Gasteiger partial charge in [-0.2, -0.15) is 0 Å². The molecule has 0 aromatic heterocycles. The standard InChI is InChI=1S/C25H27FN8O3/c1-15(26)22(36)34-13-3-4-18(14-34)16-5-9-20(10-6-16)31-25(37)33-24(28)32-23(27)30-19-11-7-17(8-12-19)21(35)29-2/h4-12H,1,3,13-14H2,2H3,(H,29,35)(H6,27,28,30,31,32,33,37)/p+1. The predicted octanol–water partition coefficient (Wildman–Crippen LogP) is 0.308. The summed E-state index contributed by atoms with van der Waals surface area (Å²) >= 11 is 0. The van der Waals surface area contributed by atoms with Crippen LogP contribution in [0.3, 0.4) is 0 Å². The van der Waals surface area contributed by atoms with Crippen LogP contribution in [0.25, 0.3) is 5.57 Å². The molecule has 192 valence electrons. The van der Waals surface area contributed by atoms with Crippen molar-refractivity contribution in [2.45, 2.75) is 6.42 Å². The molecule has 2 aromatic rings. The van der Waals surface area contributed by atoms with Crippen LogP contribution in [0, 0.1) is 0 Å². The van der Waals surface area contributed by atoms with Crippen molar-refractivity contribution in [3.8, 4) is 0 Å². The number of amides is 4. The molecular formula is C25H28FN8O3+. The summed E-state index contributed by atoms with van der Waals surface area (Å²) in [6, 6.07) is 12.7. The average molecular weight is 508 g/mol. The van der Waals surface area contributed by atoms with Gasteiger partial charge in [0.15, 0.2) is 5.83 Å². The van der Waals surface area contributed by atoms with E-state index in [9.17, 15) is 18.8 Å². The van der Waals surface area contributed by atoms with Gasteiger partial charge in [0, 0.05) is 31.4 Å². The Bertz CT molecular complexity index is 1280. The summed E-state index contributed by atoms with van der Waals surface area (Å²) in [7, 11) is 1.54. The fourth-order valence-electron chi connectivity index (χ4n) is 3.52. The Morgan fingerprint density at radius 3 is 2.38 bits per heavy atom. The number of nitrogens with one attached hydrogen (secondary N) is 4. The van der Waals surface area contributed by atoms with Crippen LogP contribution in [0.4, 0.5) is 20.6 Å². The average Bonchev–Trinajstić information content (AvgIpc) is 2.88. The second-order valence-electron chi connectivity index (χ2n) is 7.97. The number of anilines is 1. The molecule has 0 unspecified atom stereocenters. The van der Waals surface area contributed by atoms with Gasteiger partial charge in [-0.1, -0.05) is 24.8 Å². The minimum atomic E-state index is -0.984. The van der Waals surface area contributed by atoms with E-state index < -0.39 is 17.8 Å². The Labute approximate surface area is 212 Å². The van der Waals surface area contributed by atoms with Crippen molar-refractivity contribution in [1.29, 1.82) is 0 Å². The van der Waals surface area contributed by atoms with E-state index in [1.54, 1.807) is 48.5 Å². The van der Waals surface area contributed by atoms with Gasteiger partial charge in [-0.15, -0.1) is 4.99 Å². The lowest BCUT2D eigenvalue weighted by Gasteiger charge is -2.27. The Kier molecular flexibility index (Phi) is 8.71. The van der Waals surface area contributed by atoms with Crippen LogP contribution in [0.5, 0.6) is 0 Å². The molecule has 0 aliphatic carbocycles. The zero-order valence-corrected chi connectivity index (χ0v) is 20.2. The molecule has 0 atom stereocenters. The van der Waals surface area contributed by atoms with Crippen molar-refractivity contribution in [2.75, 3.05) is 25.5 Å². The van der Waals surface area contributed by atoms with Crippen molar-refractivity contribution in [3.63, 3.8) is 0 Å². The fraction of sp³-hybridized carbons (Fsp3) is 0.160. The van der Waals surface area contributed by atoms with Gasteiger partial charge in [0.25, 0.3) is 17.8 Å². The van der Waals surface area contributed by atoms with Crippen LogP contribution < -0.4 is 32.4 Å². The van der Waals surface area contributed by atoms with Crippen LogP contribution in [-0.2, 0) is 4.79 Å². The first kappa shape index (κ1) is 26.6. The number of benzene rings is 2. The van der Waals surface area contributed by atoms with Gasteiger partial charge >= 0.3 is 12.0 Å². The van der Waals surface area contributed by atoms with E-state index in [4.69, 9.17) is 11.5 Å².